The Kier molecular flexibility index (Phi) is 3.10. The predicted octanol–water partition coefficient (Wildman–Crippen LogP) is 2.11. The molecule has 0 atom stereocenters. The van der Waals surface area contributed by atoms with Gasteiger partial charge in [-0.2, -0.15) is 4.98 Å². The highest BCUT2D eigenvalue weighted by atomic mass is 15.1. The first-order chi connectivity index (χ1) is 9.33. The predicted molar refractivity (Wildman–Crippen MR) is 74.6 cm³/mol. The number of anilines is 1. The Labute approximate surface area is 110 Å². The van der Waals surface area contributed by atoms with E-state index in [1.165, 1.54) is 5.56 Å². The lowest BCUT2D eigenvalue weighted by Crippen LogP contribution is -2.01. The van der Waals surface area contributed by atoms with Crippen molar-refractivity contribution < 1.29 is 0 Å². The zero-order valence-electron chi connectivity index (χ0n) is 10.5. The van der Waals surface area contributed by atoms with Gasteiger partial charge < -0.3 is 10.7 Å². The first kappa shape index (κ1) is 11.6. The fourth-order valence-electron chi connectivity index (χ4n) is 2.20. The minimum atomic E-state index is 0.286. The Balaban J connectivity index is 1.73. The highest BCUT2D eigenvalue weighted by Gasteiger charge is 2.08. The highest BCUT2D eigenvalue weighted by Crippen LogP contribution is 2.15. The molecule has 0 bridgehead atoms. The SMILES string of the molecule is Nc1nc(CCCc2ccccc2)c2[nH]cnc2n1. The molecule has 0 aliphatic carbocycles. The van der Waals surface area contributed by atoms with Crippen molar-refractivity contribution in [1.82, 2.24) is 19.9 Å². The highest BCUT2D eigenvalue weighted by molar-refractivity contribution is 5.73. The molecule has 0 aliphatic rings. The lowest BCUT2D eigenvalue weighted by molar-refractivity contribution is 0.803. The third-order valence-electron chi connectivity index (χ3n) is 3.10. The molecule has 1 aromatic carbocycles. The van der Waals surface area contributed by atoms with Crippen molar-refractivity contribution in [2.24, 2.45) is 0 Å². The zero-order chi connectivity index (χ0) is 13.1. The normalized spacial score (nSPS) is 10.9. The molecule has 96 valence electrons. The minimum Gasteiger partial charge on any atom is -0.368 e. The van der Waals surface area contributed by atoms with E-state index in [-0.39, 0.29) is 5.95 Å². The monoisotopic (exact) mass is 253 g/mol. The van der Waals surface area contributed by atoms with Gasteiger partial charge in [-0.3, -0.25) is 0 Å². The molecule has 0 saturated carbocycles. The summed E-state index contributed by atoms with van der Waals surface area (Å²) in [7, 11) is 0. The van der Waals surface area contributed by atoms with Crippen molar-refractivity contribution in [3.05, 3.63) is 47.9 Å². The Hall–Kier alpha value is -2.43. The summed E-state index contributed by atoms with van der Waals surface area (Å²) in [6, 6.07) is 10.4. The zero-order valence-corrected chi connectivity index (χ0v) is 10.5. The second-order valence-corrected chi connectivity index (χ2v) is 4.47. The van der Waals surface area contributed by atoms with Crippen LogP contribution in [0.4, 0.5) is 5.95 Å². The Morgan fingerprint density at radius 2 is 1.89 bits per heavy atom. The summed E-state index contributed by atoms with van der Waals surface area (Å²) >= 11 is 0. The molecular weight excluding hydrogens is 238 g/mol. The number of benzene rings is 1. The number of aromatic amines is 1. The number of imidazole rings is 1. The van der Waals surface area contributed by atoms with Crippen LogP contribution in [0.15, 0.2) is 36.7 Å². The van der Waals surface area contributed by atoms with Crippen molar-refractivity contribution in [3.63, 3.8) is 0 Å². The summed E-state index contributed by atoms with van der Waals surface area (Å²) in [6.07, 6.45) is 4.54. The number of rotatable bonds is 4. The standard InChI is InChI=1S/C14H15N5/c15-14-18-11(12-13(19-14)17-9-16-12)8-4-7-10-5-2-1-3-6-10/h1-3,5-6,9H,4,7-8H2,(H3,15,16,17,18,19). The number of hydrogen-bond acceptors (Lipinski definition) is 4. The average Bonchev–Trinajstić information content (AvgIpc) is 2.88. The quantitative estimate of drug-likeness (QED) is 0.746. The molecule has 5 heteroatoms. The van der Waals surface area contributed by atoms with E-state index >= 15 is 0 Å². The number of fused-ring (bicyclic) bond motifs is 1. The number of aromatic nitrogens is 4. The van der Waals surface area contributed by atoms with Gasteiger partial charge in [0.1, 0.15) is 5.52 Å². The molecule has 0 radical (unpaired) electrons. The van der Waals surface area contributed by atoms with Gasteiger partial charge in [0.25, 0.3) is 0 Å². The molecule has 3 aromatic rings. The second-order valence-electron chi connectivity index (χ2n) is 4.47. The largest absolute Gasteiger partial charge is 0.368 e. The third kappa shape index (κ3) is 2.54. The van der Waals surface area contributed by atoms with Gasteiger partial charge in [0.15, 0.2) is 5.65 Å². The molecule has 0 saturated heterocycles. The van der Waals surface area contributed by atoms with Crippen LogP contribution in [0.1, 0.15) is 17.7 Å². The topological polar surface area (TPSA) is 80.5 Å². The second kappa shape index (κ2) is 5.06. The molecular formula is C14H15N5. The summed E-state index contributed by atoms with van der Waals surface area (Å²) in [5, 5.41) is 0. The van der Waals surface area contributed by atoms with E-state index in [0.717, 1.165) is 30.5 Å². The molecule has 0 unspecified atom stereocenters. The molecule has 3 rings (SSSR count). The van der Waals surface area contributed by atoms with E-state index in [4.69, 9.17) is 5.73 Å². The Bertz CT molecular complexity index is 675. The van der Waals surface area contributed by atoms with Crippen molar-refractivity contribution in [3.8, 4) is 0 Å². The molecule has 0 amide bonds. The van der Waals surface area contributed by atoms with Crippen LogP contribution in [0.3, 0.4) is 0 Å². The van der Waals surface area contributed by atoms with Crippen molar-refractivity contribution >= 4 is 17.1 Å². The van der Waals surface area contributed by atoms with Crippen LogP contribution in [0.25, 0.3) is 11.2 Å². The average molecular weight is 253 g/mol. The lowest BCUT2D eigenvalue weighted by atomic mass is 10.1. The molecule has 0 spiro atoms. The summed E-state index contributed by atoms with van der Waals surface area (Å²) in [5.74, 6) is 0.286. The number of nitrogens with one attached hydrogen (secondary N) is 1. The van der Waals surface area contributed by atoms with Crippen LogP contribution < -0.4 is 5.73 Å². The Morgan fingerprint density at radius 1 is 1.05 bits per heavy atom. The molecule has 5 nitrogen and oxygen atoms in total. The van der Waals surface area contributed by atoms with Gasteiger partial charge >= 0.3 is 0 Å². The summed E-state index contributed by atoms with van der Waals surface area (Å²) in [6.45, 7) is 0. The van der Waals surface area contributed by atoms with Crippen LogP contribution in [0, 0.1) is 0 Å². The number of aryl methyl sites for hydroxylation is 2. The lowest BCUT2D eigenvalue weighted by Gasteiger charge is -2.03. The van der Waals surface area contributed by atoms with Gasteiger partial charge in [0.2, 0.25) is 5.95 Å². The first-order valence-electron chi connectivity index (χ1n) is 6.32. The van der Waals surface area contributed by atoms with E-state index in [2.05, 4.69) is 44.2 Å². The molecule has 0 fully saturated rings. The van der Waals surface area contributed by atoms with E-state index < -0.39 is 0 Å². The van der Waals surface area contributed by atoms with Crippen molar-refractivity contribution in [2.45, 2.75) is 19.3 Å². The van der Waals surface area contributed by atoms with Gasteiger partial charge in [0, 0.05) is 0 Å². The van der Waals surface area contributed by atoms with Gasteiger partial charge in [-0.05, 0) is 24.8 Å². The van der Waals surface area contributed by atoms with Crippen LogP contribution in [-0.4, -0.2) is 19.9 Å². The van der Waals surface area contributed by atoms with Crippen LogP contribution in [0.2, 0.25) is 0 Å². The van der Waals surface area contributed by atoms with Gasteiger partial charge in [-0.15, -0.1) is 0 Å². The number of H-pyrrole nitrogens is 1. The third-order valence-corrected chi connectivity index (χ3v) is 3.10. The van der Waals surface area contributed by atoms with E-state index in [9.17, 15) is 0 Å². The first-order valence-corrected chi connectivity index (χ1v) is 6.32. The number of hydrogen-bond donors (Lipinski definition) is 2. The summed E-state index contributed by atoms with van der Waals surface area (Å²) < 4.78 is 0. The molecule has 2 aromatic heterocycles. The van der Waals surface area contributed by atoms with E-state index in [0.29, 0.717) is 5.65 Å². The van der Waals surface area contributed by atoms with Crippen LogP contribution in [0.5, 0.6) is 0 Å². The fourth-order valence-corrected chi connectivity index (χ4v) is 2.20. The maximum absolute atomic E-state index is 5.69. The molecule has 19 heavy (non-hydrogen) atoms. The summed E-state index contributed by atoms with van der Waals surface area (Å²) in [5.41, 5.74) is 9.50. The number of nitrogens with two attached hydrogens (primary N) is 1. The smallest absolute Gasteiger partial charge is 0.222 e. The van der Waals surface area contributed by atoms with Crippen molar-refractivity contribution in [1.29, 1.82) is 0 Å². The maximum atomic E-state index is 5.69. The molecule has 3 N–H and O–H groups in total. The van der Waals surface area contributed by atoms with Crippen LogP contribution >= 0.6 is 0 Å². The summed E-state index contributed by atoms with van der Waals surface area (Å²) in [4.78, 5) is 15.6. The van der Waals surface area contributed by atoms with Crippen LogP contribution in [-0.2, 0) is 12.8 Å². The molecule has 2 heterocycles. The van der Waals surface area contributed by atoms with Gasteiger partial charge in [-0.1, -0.05) is 30.3 Å². The van der Waals surface area contributed by atoms with E-state index in [1.807, 2.05) is 6.07 Å². The fraction of sp³-hybridized carbons (Fsp3) is 0.214. The minimum absolute atomic E-state index is 0.286. The number of nitrogen functional groups attached to an aromatic ring is 1. The maximum Gasteiger partial charge on any atom is 0.222 e. The van der Waals surface area contributed by atoms with Crippen molar-refractivity contribution in [2.75, 3.05) is 5.73 Å². The number of nitrogens with zero attached hydrogens (tertiary/aromatic N) is 3. The van der Waals surface area contributed by atoms with Gasteiger partial charge in [0.05, 0.1) is 12.0 Å². The molecule has 0 aliphatic heterocycles. The Morgan fingerprint density at radius 3 is 2.74 bits per heavy atom. The van der Waals surface area contributed by atoms with Gasteiger partial charge in [-0.25, -0.2) is 9.97 Å². The van der Waals surface area contributed by atoms with E-state index in [1.54, 1.807) is 6.33 Å².